The standard InChI is InChI=1S/C39H54O8/c1-6-7-8-9-10-11-12-13-17-20-30(40)47-38-23-26(3)37-22-25(2)32(41)39(37,45)33(42)28(21-29(34(37)43)31(38)36(38,4)5)24-46-35(44)27-18-15-14-16-19-27/h14-16,18-19,21-22,26,29,31-33,41-42,45H,6-13,17,20,23-24H2,1-5H3/t26-,29+,31-,32+,33-,37+,38+,39-/m1/s1. The molecular weight excluding hydrogens is 596 g/mol. The molecule has 47 heavy (non-hydrogen) atoms. The summed E-state index contributed by atoms with van der Waals surface area (Å²) in [7, 11) is 0. The third-order valence-corrected chi connectivity index (χ3v) is 12.0. The minimum absolute atomic E-state index is 0.144. The van der Waals surface area contributed by atoms with Gasteiger partial charge in [-0.25, -0.2) is 4.79 Å². The number of allylic oxidation sites excluding steroid dienone is 1. The van der Waals surface area contributed by atoms with Crippen molar-refractivity contribution < 1.29 is 39.2 Å². The first-order valence-electron chi connectivity index (χ1n) is 17.8. The molecule has 0 radical (unpaired) electrons. The molecule has 0 saturated heterocycles. The Kier molecular flexibility index (Phi) is 10.3. The lowest BCUT2D eigenvalue weighted by Crippen LogP contribution is -2.65. The number of carbonyl (C=O) groups excluding carboxylic acids is 3. The molecule has 0 heterocycles. The quantitative estimate of drug-likeness (QED) is 0.122. The van der Waals surface area contributed by atoms with Crippen molar-refractivity contribution in [1.82, 2.24) is 0 Å². The highest BCUT2D eigenvalue weighted by Crippen LogP contribution is 2.75. The summed E-state index contributed by atoms with van der Waals surface area (Å²) in [5.74, 6) is -3.08. The molecular formula is C39H54O8. The molecule has 2 saturated carbocycles. The number of carbonyl (C=O) groups is 3. The molecule has 258 valence electrons. The molecule has 3 N–H and O–H groups in total. The first-order valence-corrected chi connectivity index (χ1v) is 17.8. The lowest BCUT2D eigenvalue weighted by Gasteiger charge is -2.48. The van der Waals surface area contributed by atoms with Crippen LogP contribution in [0.15, 0.2) is 53.6 Å². The number of fused-ring (bicyclic) bond motifs is 3. The summed E-state index contributed by atoms with van der Waals surface area (Å²) < 4.78 is 12.0. The SMILES string of the molecule is CCCCCCCCCCCC(=O)O[C@@]12C[C@@H](C)[C@]34C=C(C)[C@H](O)[C@@]3(O)[C@H](O)C(COC(=O)c3ccccc3)=C[C@H](C4=O)[C@@H]1C2(C)C. The van der Waals surface area contributed by atoms with E-state index in [1.165, 1.54) is 38.5 Å². The number of ether oxygens (including phenoxy) is 2. The van der Waals surface area contributed by atoms with Crippen LogP contribution in [0.5, 0.6) is 0 Å². The fourth-order valence-corrected chi connectivity index (χ4v) is 9.36. The summed E-state index contributed by atoms with van der Waals surface area (Å²) >= 11 is 0. The van der Waals surface area contributed by atoms with Crippen LogP contribution in [-0.2, 0) is 19.1 Å². The molecule has 2 fully saturated rings. The Morgan fingerprint density at radius 2 is 1.55 bits per heavy atom. The fourth-order valence-electron chi connectivity index (χ4n) is 9.36. The Labute approximate surface area is 279 Å². The molecule has 8 nitrogen and oxygen atoms in total. The van der Waals surface area contributed by atoms with Gasteiger partial charge in [0.25, 0.3) is 0 Å². The molecule has 1 spiro atoms. The Morgan fingerprint density at radius 1 is 0.936 bits per heavy atom. The van der Waals surface area contributed by atoms with Gasteiger partial charge in [-0.1, -0.05) is 109 Å². The predicted molar refractivity (Wildman–Crippen MR) is 178 cm³/mol. The largest absolute Gasteiger partial charge is 0.458 e. The summed E-state index contributed by atoms with van der Waals surface area (Å²) in [6.07, 6.45) is 10.9. The monoisotopic (exact) mass is 650 g/mol. The van der Waals surface area contributed by atoms with Gasteiger partial charge in [0.05, 0.1) is 11.0 Å². The second-order valence-corrected chi connectivity index (χ2v) is 15.2. The second kappa shape index (κ2) is 13.6. The minimum Gasteiger partial charge on any atom is -0.458 e. The molecule has 5 rings (SSSR count). The van der Waals surface area contributed by atoms with Crippen LogP contribution in [-0.4, -0.2) is 63.1 Å². The van der Waals surface area contributed by atoms with E-state index in [4.69, 9.17) is 9.47 Å². The smallest absolute Gasteiger partial charge is 0.338 e. The number of rotatable bonds is 14. The number of benzene rings is 1. The van der Waals surface area contributed by atoms with E-state index in [1.807, 2.05) is 20.8 Å². The number of hydrogen-bond donors (Lipinski definition) is 3. The summed E-state index contributed by atoms with van der Waals surface area (Å²) in [5.41, 5.74) is -4.61. The zero-order valence-electron chi connectivity index (χ0n) is 28.8. The van der Waals surface area contributed by atoms with Gasteiger partial charge in [-0.3, -0.25) is 9.59 Å². The second-order valence-electron chi connectivity index (χ2n) is 15.2. The van der Waals surface area contributed by atoms with E-state index < -0.39 is 58.0 Å². The highest BCUT2D eigenvalue weighted by molar-refractivity contribution is 5.96. The third kappa shape index (κ3) is 5.82. The van der Waals surface area contributed by atoms with E-state index in [9.17, 15) is 29.7 Å². The molecule has 2 bridgehead atoms. The van der Waals surface area contributed by atoms with Crippen LogP contribution in [0.1, 0.15) is 116 Å². The number of esters is 2. The molecule has 8 heteroatoms. The van der Waals surface area contributed by atoms with Crippen molar-refractivity contribution in [3.8, 4) is 0 Å². The van der Waals surface area contributed by atoms with E-state index in [0.29, 0.717) is 24.0 Å². The van der Waals surface area contributed by atoms with Crippen molar-refractivity contribution in [3.63, 3.8) is 0 Å². The molecule has 0 aliphatic heterocycles. The van der Waals surface area contributed by atoms with Crippen LogP contribution in [0.3, 0.4) is 0 Å². The van der Waals surface area contributed by atoms with Gasteiger partial charge < -0.3 is 24.8 Å². The number of aliphatic hydroxyl groups is 3. The first-order chi connectivity index (χ1) is 22.3. The van der Waals surface area contributed by atoms with Crippen LogP contribution in [0.2, 0.25) is 0 Å². The number of unbranched alkanes of at least 4 members (excludes halogenated alkanes) is 8. The number of Topliss-reactive ketones (excluding diaryl/α,β-unsaturated/α-hetero) is 1. The summed E-state index contributed by atoms with van der Waals surface area (Å²) in [6, 6.07) is 8.44. The van der Waals surface area contributed by atoms with Crippen LogP contribution < -0.4 is 0 Å². The van der Waals surface area contributed by atoms with E-state index >= 15 is 0 Å². The summed E-state index contributed by atoms with van der Waals surface area (Å²) in [6.45, 7) is 9.32. The zero-order chi connectivity index (χ0) is 34.2. The maximum Gasteiger partial charge on any atom is 0.338 e. The maximum atomic E-state index is 14.8. The average molecular weight is 651 g/mol. The lowest BCUT2D eigenvalue weighted by molar-refractivity contribution is -0.191. The van der Waals surface area contributed by atoms with Crippen LogP contribution in [0.4, 0.5) is 0 Å². The topological polar surface area (TPSA) is 130 Å². The van der Waals surface area contributed by atoms with Crippen LogP contribution in [0.25, 0.3) is 0 Å². The molecule has 1 aromatic carbocycles. The van der Waals surface area contributed by atoms with Gasteiger partial charge in [0.1, 0.15) is 30.0 Å². The van der Waals surface area contributed by atoms with Crippen molar-refractivity contribution in [3.05, 3.63) is 59.2 Å². The van der Waals surface area contributed by atoms with Gasteiger partial charge in [0.15, 0.2) is 5.78 Å². The minimum atomic E-state index is -2.30. The van der Waals surface area contributed by atoms with Crippen LogP contribution >= 0.6 is 0 Å². The van der Waals surface area contributed by atoms with Crippen molar-refractivity contribution in [2.75, 3.05) is 6.61 Å². The zero-order valence-corrected chi connectivity index (χ0v) is 28.8. The van der Waals surface area contributed by atoms with Crippen molar-refractivity contribution in [2.24, 2.45) is 28.6 Å². The normalized spacial score (nSPS) is 35.1. The number of aliphatic hydroxyl groups excluding tert-OH is 2. The fraction of sp³-hybridized carbons (Fsp3) is 0.667. The van der Waals surface area contributed by atoms with Gasteiger partial charge in [-0.05, 0) is 49.0 Å². The Balaban J connectivity index is 1.39. The van der Waals surface area contributed by atoms with Gasteiger partial charge in [-0.2, -0.15) is 0 Å². The van der Waals surface area contributed by atoms with Crippen molar-refractivity contribution in [1.29, 1.82) is 0 Å². The van der Waals surface area contributed by atoms with E-state index in [0.717, 1.165) is 19.3 Å². The maximum absolute atomic E-state index is 14.8. The summed E-state index contributed by atoms with van der Waals surface area (Å²) in [5, 5.41) is 35.6. The molecule has 4 aliphatic rings. The number of hydrogen-bond acceptors (Lipinski definition) is 8. The lowest BCUT2D eigenvalue weighted by atomic mass is 9.59. The third-order valence-electron chi connectivity index (χ3n) is 12.0. The van der Waals surface area contributed by atoms with E-state index in [1.54, 1.807) is 49.4 Å². The first kappa shape index (κ1) is 35.5. The van der Waals surface area contributed by atoms with Crippen molar-refractivity contribution in [2.45, 2.75) is 129 Å². The highest BCUT2D eigenvalue weighted by atomic mass is 16.6. The van der Waals surface area contributed by atoms with Gasteiger partial charge in [-0.15, -0.1) is 0 Å². The average Bonchev–Trinajstić information content (AvgIpc) is 3.46. The van der Waals surface area contributed by atoms with Gasteiger partial charge in [0.2, 0.25) is 0 Å². The molecule has 8 atom stereocenters. The Morgan fingerprint density at radius 3 is 2.19 bits per heavy atom. The molecule has 0 unspecified atom stereocenters. The van der Waals surface area contributed by atoms with Crippen LogP contribution in [0, 0.1) is 28.6 Å². The Hall–Kier alpha value is -2.81. The predicted octanol–water partition coefficient (Wildman–Crippen LogP) is 6.27. The summed E-state index contributed by atoms with van der Waals surface area (Å²) in [4.78, 5) is 41.1. The molecule has 4 aliphatic carbocycles. The van der Waals surface area contributed by atoms with Gasteiger partial charge >= 0.3 is 11.9 Å². The van der Waals surface area contributed by atoms with E-state index in [2.05, 4.69) is 6.92 Å². The molecule has 1 aromatic rings. The molecule has 0 aromatic heterocycles. The molecule has 0 amide bonds. The Bertz CT molecular complexity index is 1400. The number of ketones is 1. The van der Waals surface area contributed by atoms with E-state index in [-0.39, 0.29) is 23.9 Å². The van der Waals surface area contributed by atoms with Gasteiger partial charge in [0, 0.05) is 23.7 Å². The highest BCUT2D eigenvalue weighted by Gasteiger charge is 2.83. The van der Waals surface area contributed by atoms with Crippen molar-refractivity contribution >= 4 is 17.7 Å².